The van der Waals surface area contributed by atoms with Gasteiger partial charge in [0.2, 0.25) is 0 Å². The summed E-state index contributed by atoms with van der Waals surface area (Å²) in [4.78, 5) is 20.3. The molecular formula is C10H7BrClN3OS. The van der Waals surface area contributed by atoms with Crippen molar-refractivity contribution in [2.75, 3.05) is 5.32 Å². The Morgan fingerprint density at radius 2 is 2.24 bits per heavy atom. The average molecular weight is 333 g/mol. The first-order valence-electron chi connectivity index (χ1n) is 4.61. The van der Waals surface area contributed by atoms with Gasteiger partial charge in [0, 0.05) is 10.7 Å². The van der Waals surface area contributed by atoms with Crippen LogP contribution in [0.3, 0.4) is 0 Å². The Labute approximate surface area is 115 Å². The third-order valence-corrected chi connectivity index (χ3v) is 3.55. The maximum absolute atomic E-state index is 11.8. The molecule has 0 spiro atoms. The van der Waals surface area contributed by atoms with Gasteiger partial charge in [-0.2, -0.15) is 0 Å². The van der Waals surface area contributed by atoms with Crippen LogP contribution in [0.2, 0.25) is 5.15 Å². The van der Waals surface area contributed by atoms with Gasteiger partial charge in [0.1, 0.15) is 4.88 Å². The van der Waals surface area contributed by atoms with Crippen LogP contribution in [0, 0.1) is 6.92 Å². The summed E-state index contributed by atoms with van der Waals surface area (Å²) in [5.74, 6) is -0.239. The molecule has 7 heteroatoms. The highest BCUT2D eigenvalue weighted by atomic mass is 79.9. The molecule has 0 aliphatic rings. The van der Waals surface area contributed by atoms with Crippen molar-refractivity contribution in [1.82, 2.24) is 9.97 Å². The van der Waals surface area contributed by atoms with Gasteiger partial charge in [0.15, 0.2) is 5.15 Å². The smallest absolute Gasteiger partial charge is 0.267 e. The molecule has 0 unspecified atom stereocenters. The Morgan fingerprint density at radius 1 is 1.47 bits per heavy atom. The summed E-state index contributed by atoms with van der Waals surface area (Å²) in [6.45, 7) is 1.84. The molecule has 88 valence electrons. The zero-order valence-electron chi connectivity index (χ0n) is 8.70. The summed E-state index contributed by atoms with van der Waals surface area (Å²) in [5, 5.41) is 3.78. The number of halogens is 2. The summed E-state index contributed by atoms with van der Waals surface area (Å²) < 4.78 is 0.748. The Kier molecular flexibility index (Phi) is 3.76. The molecule has 1 amide bonds. The monoisotopic (exact) mass is 331 g/mol. The van der Waals surface area contributed by atoms with Gasteiger partial charge in [-0.1, -0.05) is 11.6 Å². The number of amides is 1. The first-order valence-corrected chi connectivity index (χ1v) is 6.60. The van der Waals surface area contributed by atoms with Gasteiger partial charge in [-0.05, 0) is 28.9 Å². The third kappa shape index (κ3) is 3.02. The zero-order valence-corrected chi connectivity index (χ0v) is 11.9. The van der Waals surface area contributed by atoms with E-state index in [4.69, 9.17) is 11.6 Å². The lowest BCUT2D eigenvalue weighted by atomic mass is 10.4. The molecular weight excluding hydrogens is 326 g/mol. The van der Waals surface area contributed by atoms with E-state index in [2.05, 4.69) is 31.2 Å². The molecule has 2 aromatic heterocycles. The van der Waals surface area contributed by atoms with E-state index in [1.165, 1.54) is 17.5 Å². The van der Waals surface area contributed by atoms with Crippen molar-refractivity contribution in [2.24, 2.45) is 0 Å². The fourth-order valence-electron chi connectivity index (χ4n) is 1.16. The van der Waals surface area contributed by atoms with E-state index >= 15 is 0 Å². The topological polar surface area (TPSA) is 54.9 Å². The second-order valence-electron chi connectivity index (χ2n) is 3.19. The molecule has 2 aromatic rings. The highest BCUT2D eigenvalue weighted by Gasteiger charge is 2.11. The minimum atomic E-state index is -0.239. The van der Waals surface area contributed by atoms with Gasteiger partial charge >= 0.3 is 0 Å². The number of carbonyl (C=O) groups is 1. The van der Waals surface area contributed by atoms with Crippen molar-refractivity contribution in [3.05, 3.63) is 38.0 Å². The van der Waals surface area contributed by atoms with Gasteiger partial charge in [-0.15, -0.1) is 11.3 Å². The molecule has 0 fully saturated rings. The number of pyridine rings is 1. The molecule has 0 bridgehead atoms. The van der Waals surface area contributed by atoms with Crippen molar-refractivity contribution in [3.63, 3.8) is 0 Å². The SMILES string of the molecule is Cc1ncc(C(=O)Nc2cc(Br)cnc2Cl)s1. The number of anilines is 1. The molecule has 17 heavy (non-hydrogen) atoms. The number of aryl methyl sites for hydroxylation is 1. The number of nitrogens with zero attached hydrogens (tertiary/aromatic N) is 2. The molecule has 1 N–H and O–H groups in total. The molecule has 0 radical (unpaired) electrons. The van der Waals surface area contributed by atoms with Crippen molar-refractivity contribution < 1.29 is 4.79 Å². The van der Waals surface area contributed by atoms with Crippen LogP contribution in [-0.4, -0.2) is 15.9 Å². The van der Waals surface area contributed by atoms with Crippen molar-refractivity contribution in [1.29, 1.82) is 0 Å². The summed E-state index contributed by atoms with van der Waals surface area (Å²) in [6, 6.07) is 1.70. The van der Waals surface area contributed by atoms with E-state index < -0.39 is 0 Å². The van der Waals surface area contributed by atoms with Crippen molar-refractivity contribution in [3.8, 4) is 0 Å². The van der Waals surface area contributed by atoms with Crippen LogP contribution in [0.5, 0.6) is 0 Å². The highest BCUT2D eigenvalue weighted by Crippen LogP contribution is 2.24. The number of nitrogens with one attached hydrogen (secondary N) is 1. The Hall–Kier alpha value is -0.980. The van der Waals surface area contributed by atoms with Gasteiger partial charge in [0.25, 0.3) is 5.91 Å². The van der Waals surface area contributed by atoms with Crippen LogP contribution < -0.4 is 5.32 Å². The van der Waals surface area contributed by atoms with E-state index in [0.717, 1.165) is 9.48 Å². The standard InChI is InChI=1S/C10H7BrClN3OS/c1-5-13-4-8(17-5)10(16)15-7-2-6(11)3-14-9(7)12/h2-4H,1H3,(H,15,16). The first kappa shape index (κ1) is 12.5. The largest absolute Gasteiger partial charge is 0.319 e. The Bertz CT molecular complexity index is 572. The maximum Gasteiger partial charge on any atom is 0.267 e. The van der Waals surface area contributed by atoms with Gasteiger partial charge in [-0.25, -0.2) is 9.97 Å². The quantitative estimate of drug-likeness (QED) is 0.856. The van der Waals surface area contributed by atoms with Gasteiger partial charge in [0.05, 0.1) is 16.9 Å². The normalized spacial score (nSPS) is 10.3. The summed E-state index contributed by atoms with van der Waals surface area (Å²) in [7, 11) is 0. The molecule has 2 rings (SSSR count). The lowest BCUT2D eigenvalue weighted by molar-refractivity contribution is 0.103. The predicted molar refractivity (Wildman–Crippen MR) is 71.8 cm³/mol. The molecule has 0 aromatic carbocycles. The summed E-state index contributed by atoms with van der Waals surface area (Å²) in [6.07, 6.45) is 3.10. The minimum Gasteiger partial charge on any atom is -0.319 e. The van der Waals surface area contributed by atoms with Crippen LogP contribution in [0.4, 0.5) is 5.69 Å². The van der Waals surface area contributed by atoms with E-state index in [0.29, 0.717) is 10.6 Å². The van der Waals surface area contributed by atoms with E-state index in [-0.39, 0.29) is 11.1 Å². The first-order chi connectivity index (χ1) is 8.06. The minimum absolute atomic E-state index is 0.239. The maximum atomic E-state index is 11.8. The van der Waals surface area contributed by atoms with Crippen LogP contribution in [-0.2, 0) is 0 Å². The van der Waals surface area contributed by atoms with Crippen molar-refractivity contribution >= 4 is 50.5 Å². The van der Waals surface area contributed by atoms with Crippen LogP contribution in [0.15, 0.2) is 22.9 Å². The lowest BCUT2D eigenvalue weighted by Gasteiger charge is -2.05. The second-order valence-corrected chi connectivity index (χ2v) is 5.70. The Morgan fingerprint density at radius 3 is 2.88 bits per heavy atom. The van der Waals surface area contributed by atoms with Crippen LogP contribution in [0.25, 0.3) is 0 Å². The molecule has 0 saturated heterocycles. The number of hydrogen-bond donors (Lipinski definition) is 1. The molecule has 2 heterocycles. The molecule has 0 aliphatic carbocycles. The van der Waals surface area contributed by atoms with Crippen LogP contribution in [0.1, 0.15) is 14.7 Å². The van der Waals surface area contributed by atoms with Crippen molar-refractivity contribution in [2.45, 2.75) is 6.92 Å². The highest BCUT2D eigenvalue weighted by molar-refractivity contribution is 9.10. The van der Waals surface area contributed by atoms with E-state index in [1.807, 2.05) is 6.92 Å². The second kappa shape index (κ2) is 5.12. The number of rotatable bonds is 2. The van der Waals surface area contributed by atoms with Gasteiger partial charge < -0.3 is 5.32 Å². The third-order valence-electron chi connectivity index (χ3n) is 1.90. The van der Waals surface area contributed by atoms with Gasteiger partial charge in [-0.3, -0.25) is 4.79 Å². The number of hydrogen-bond acceptors (Lipinski definition) is 4. The van der Waals surface area contributed by atoms with E-state index in [9.17, 15) is 4.79 Å². The summed E-state index contributed by atoms with van der Waals surface area (Å²) in [5.41, 5.74) is 0.470. The number of thiazole rings is 1. The molecule has 4 nitrogen and oxygen atoms in total. The number of carbonyl (C=O) groups excluding carboxylic acids is 1. The molecule has 0 atom stereocenters. The number of aromatic nitrogens is 2. The molecule has 0 aliphatic heterocycles. The lowest BCUT2D eigenvalue weighted by Crippen LogP contribution is -2.10. The zero-order chi connectivity index (χ0) is 12.4. The fourth-order valence-corrected chi connectivity index (χ4v) is 2.32. The predicted octanol–water partition coefficient (Wildman–Crippen LogP) is 3.51. The van der Waals surface area contributed by atoms with Crippen LogP contribution >= 0.6 is 38.9 Å². The summed E-state index contributed by atoms with van der Waals surface area (Å²) >= 11 is 10.5. The molecule has 0 saturated carbocycles. The average Bonchev–Trinajstić information content (AvgIpc) is 2.70. The fraction of sp³-hybridized carbons (Fsp3) is 0.100. The Balaban J connectivity index is 2.21. The van der Waals surface area contributed by atoms with E-state index in [1.54, 1.807) is 12.3 Å².